The fourth-order valence-electron chi connectivity index (χ4n) is 6.29. The van der Waals surface area contributed by atoms with Crippen molar-refractivity contribution in [2.24, 2.45) is 0 Å². The molecule has 2 aliphatic heterocycles. The number of benzene rings is 2. The number of carbonyl (C=O) groups excluding carboxylic acids is 3. The first-order valence-corrected chi connectivity index (χ1v) is 19.5. The number of rotatable bonds is 6. The molecule has 15 nitrogen and oxygen atoms in total. The Morgan fingerprint density at radius 1 is 0.803 bits per heavy atom. The van der Waals surface area contributed by atoms with Crippen LogP contribution < -0.4 is 118 Å². The van der Waals surface area contributed by atoms with Gasteiger partial charge in [0.15, 0.2) is 11.3 Å². The van der Waals surface area contributed by atoms with Gasteiger partial charge < -0.3 is 31.2 Å². The van der Waals surface area contributed by atoms with Gasteiger partial charge in [0.05, 0.1) is 10.8 Å². The Hall–Kier alpha value is -2.35. The Labute approximate surface area is 452 Å². The van der Waals surface area contributed by atoms with Crippen LogP contribution in [0.15, 0.2) is 73.1 Å². The molecule has 0 saturated carbocycles. The summed E-state index contributed by atoms with van der Waals surface area (Å²) in [4.78, 5) is 51.4. The largest absolute Gasteiger partial charge is 1.00 e. The number of alkyl halides is 1. The maximum atomic E-state index is 13.9. The van der Waals surface area contributed by atoms with Crippen LogP contribution in [0, 0.1) is 25.7 Å². The normalized spacial score (nSPS) is 13.3. The zero-order chi connectivity index (χ0) is 42.5. The number of carbonyl (C=O) groups is 3. The second kappa shape index (κ2) is 26.4. The monoisotopic (exact) mass is 950 g/mol. The van der Waals surface area contributed by atoms with Crippen molar-refractivity contribution in [3.05, 3.63) is 106 Å². The third-order valence-corrected chi connectivity index (χ3v) is 10.5. The molecule has 0 unspecified atom stereocenters. The number of fused-ring (bicyclic) bond motifs is 2. The van der Waals surface area contributed by atoms with Gasteiger partial charge >= 0.3 is 103 Å². The minimum Gasteiger partial charge on any atom is -1.00 e. The maximum absolute atomic E-state index is 13.9. The first-order chi connectivity index (χ1) is 28.4. The number of piperazine rings is 2. The van der Waals surface area contributed by atoms with Gasteiger partial charge in [-0.05, 0) is 85.6 Å². The third kappa shape index (κ3) is 14.9. The summed E-state index contributed by atoms with van der Waals surface area (Å²) in [5, 5.41) is 20.4. The average Bonchev–Trinajstić information content (AvgIpc) is 3.81. The second-order valence-electron chi connectivity index (χ2n) is 13.2. The molecular weight excluding hydrogens is 911 g/mol. The van der Waals surface area contributed by atoms with Gasteiger partial charge in [-0.3, -0.25) is 19.5 Å². The number of hydrogen-bond acceptors (Lipinski definition) is 11. The van der Waals surface area contributed by atoms with Crippen molar-refractivity contribution in [1.82, 2.24) is 39.7 Å². The second-order valence-corrected chi connectivity index (χ2v) is 14.2. The minimum absolute atomic E-state index is 0. The number of nitrogens with one attached hydrogen (secondary N) is 1. The van der Waals surface area contributed by atoms with E-state index in [0.29, 0.717) is 35.2 Å². The zero-order valence-electron chi connectivity index (χ0n) is 35.0. The SMILES string of the molecule is Cc1cc(N2CCN(C(=O)CCl)CC2)ccc1Cl.Cc1cc(N2CCN(C(=O)Cn3nc(F)c4cccnc43)CC2)ccc1Cl.Fc1[nH]nc2ncccc12.O=CO[O-].[H-].[K+].[K+]. The Balaban J connectivity index is 0.000000326. The molecule has 2 fully saturated rings. The molecular formula is C39H41Cl3F2K2N10O5. The molecule has 0 radical (unpaired) electrons. The molecule has 6 heterocycles. The van der Waals surface area contributed by atoms with Crippen LogP contribution in [0.2, 0.25) is 10.0 Å². The number of aryl methyl sites for hydroxylation is 2. The summed E-state index contributed by atoms with van der Waals surface area (Å²) < 4.78 is 27.8. The van der Waals surface area contributed by atoms with Crippen molar-refractivity contribution in [2.75, 3.05) is 68.0 Å². The quantitative estimate of drug-likeness (QED) is 0.0721. The van der Waals surface area contributed by atoms with E-state index in [1.165, 1.54) is 4.68 Å². The minimum atomic E-state index is -0.603. The van der Waals surface area contributed by atoms with E-state index < -0.39 is 11.9 Å². The van der Waals surface area contributed by atoms with E-state index in [4.69, 9.17) is 44.9 Å². The number of aromatic amines is 1. The number of H-pyrrole nitrogens is 1. The number of anilines is 2. The van der Waals surface area contributed by atoms with E-state index in [-0.39, 0.29) is 135 Å². The maximum Gasteiger partial charge on any atom is 1.00 e. The van der Waals surface area contributed by atoms with Crippen LogP contribution in [0.25, 0.3) is 22.1 Å². The Morgan fingerprint density at radius 3 is 1.77 bits per heavy atom. The molecule has 22 heteroatoms. The van der Waals surface area contributed by atoms with Crippen molar-refractivity contribution in [3.8, 4) is 0 Å². The van der Waals surface area contributed by atoms with E-state index in [1.54, 1.807) is 41.6 Å². The number of nitrogens with zero attached hydrogens (tertiary/aromatic N) is 9. The smallest absolute Gasteiger partial charge is 1.00 e. The van der Waals surface area contributed by atoms with Crippen LogP contribution in [0.4, 0.5) is 20.2 Å². The van der Waals surface area contributed by atoms with Crippen molar-refractivity contribution >= 4 is 86.5 Å². The van der Waals surface area contributed by atoms with E-state index in [1.807, 2.05) is 43.0 Å². The van der Waals surface area contributed by atoms with Crippen LogP contribution in [0.5, 0.6) is 0 Å². The van der Waals surface area contributed by atoms with Crippen molar-refractivity contribution in [3.63, 3.8) is 0 Å². The molecule has 61 heavy (non-hydrogen) atoms. The molecule has 2 aliphatic rings. The molecule has 0 aliphatic carbocycles. The number of pyridine rings is 2. The fourth-order valence-corrected chi connectivity index (χ4v) is 6.70. The van der Waals surface area contributed by atoms with Crippen LogP contribution >= 0.6 is 34.8 Å². The number of aromatic nitrogens is 6. The van der Waals surface area contributed by atoms with E-state index >= 15 is 0 Å². The molecule has 0 spiro atoms. The summed E-state index contributed by atoms with van der Waals surface area (Å²) in [5.74, 6) is -1.03. The van der Waals surface area contributed by atoms with Gasteiger partial charge in [-0.1, -0.05) is 23.2 Å². The van der Waals surface area contributed by atoms with Crippen LogP contribution in [0.3, 0.4) is 0 Å². The predicted octanol–water partition coefficient (Wildman–Crippen LogP) is -0.931. The summed E-state index contributed by atoms with van der Waals surface area (Å²) in [6.45, 7) is 9.60. The van der Waals surface area contributed by atoms with Gasteiger partial charge in [0.1, 0.15) is 12.4 Å². The number of halogens is 5. The van der Waals surface area contributed by atoms with Crippen molar-refractivity contribution in [1.29, 1.82) is 0 Å². The first kappa shape index (κ1) is 53.0. The summed E-state index contributed by atoms with van der Waals surface area (Å²) in [6, 6.07) is 18.5. The molecule has 2 saturated heterocycles. The molecule has 0 bridgehead atoms. The molecule has 1 N–H and O–H groups in total. The average molecular weight is 952 g/mol. The van der Waals surface area contributed by atoms with Crippen LogP contribution in [-0.4, -0.2) is 116 Å². The van der Waals surface area contributed by atoms with Crippen LogP contribution in [0.1, 0.15) is 12.6 Å². The summed E-state index contributed by atoms with van der Waals surface area (Å²) in [7, 11) is 0. The van der Waals surface area contributed by atoms with Gasteiger partial charge in [0, 0.05) is 86.2 Å². The zero-order valence-corrected chi connectivity index (χ0v) is 42.5. The molecule has 314 valence electrons. The molecule has 6 aromatic rings. The predicted molar refractivity (Wildman–Crippen MR) is 220 cm³/mol. The standard InChI is InChI=1S/C19H19ClFN5O.C13H16Cl2N2O.C6H4FN3.CH2O3.2K.H/c1-13-11-14(4-5-16(13)20)24-7-9-25(10-8-24)17(27)12-26-19-15(18(21)23-26)3-2-6-22-19;1-10-8-11(2-3-12(10)15)16-4-6-17(7-5-16)13(18)9-14;7-5-4-2-1-3-8-6(4)10-9-5;2-1-4-3;;;/h2-6,11H,7-10,12H2,1H3;2-3,8H,4-7,9H2,1H3;1-3H,(H,8,9,10);1,3H;;;/q;;;;2*+1;-1/p-1. The van der Waals surface area contributed by atoms with Gasteiger partial charge in [0.2, 0.25) is 23.7 Å². The Bertz CT molecular complexity index is 2370. The van der Waals surface area contributed by atoms with Gasteiger partial charge in [-0.25, -0.2) is 14.6 Å². The van der Waals surface area contributed by atoms with E-state index in [2.05, 4.69) is 52.1 Å². The van der Waals surface area contributed by atoms with Crippen molar-refractivity contribution in [2.45, 2.75) is 20.4 Å². The molecule has 8 rings (SSSR count). The molecule has 2 aromatic carbocycles. The van der Waals surface area contributed by atoms with Gasteiger partial charge in [0.25, 0.3) is 6.47 Å². The number of hydrogen-bond donors (Lipinski definition) is 1. The van der Waals surface area contributed by atoms with E-state index in [0.717, 1.165) is 71.8 Å². The third-order valence-electron chi connectivity index (χ3n) is 9.46. The summed E-state index contributed by atoms with van der Waals surface area (Å²) in [6.07, 6.45) is 3.14. The van der Waals surface area contributed by atoms with Crippen molar-refractivity contribution < 1.29 is 138 Å². The molecule has 2 amide bonds. The van der Waals surface area contributed by atoms with Gasteiger partial charge in [-0.15, -0.1) is 16.7 Å². The number of amides is 2. The van der Waals surface area contributed by atoms with Gasteiger partial charge in [-0.2, -0.15) is 13.9 Å². The van der Waals surface area contributed by atoms with E-state index in [9.17, 15) is 18.4 Å². The first-order valence-electron chi connectivity index (χ1n) is 18.2. The topological polar surface area (TPSA) is 169 Å². The molecule has 4 aromatic heterocycles. The Kier molecular flexibility index (Phi) is 23.0. The molecule has 0 atom stereocenters. The fraction of sp³-hybridized carbons (Fsp3) is 0.308. The Morgan fingerprint density at radius 2 is 1.30 bits per heavy atom. The summed E-state index contributed by atoms with van der Waals surface area (Å²) >= 11 is 17.7. The summed E-state index contributed by atoms with van der Waals surface area (Å²) in [5.41, 5.74) is 5.18. The van der Waals surface area contributed by atoms with Crippen LogP contribution in [-0.2, 0) is 25.8 Å².